The van der Waals surface area contributed by atoms with Gasteiger partial charge in [0.1, 0.15) is 6.04 Å². The van der Waals surface area contributed by atoms with E-state index in [0.29, 0.717) is 0 Å². The molecule has 18 heavy (non-hydrogen) atoms. The van der Waals surface area contributed by atoms with Crippen LogP contribution >= 0.6 is 12.6 Å². The van der Waals surface area contributed by atoms with Crippen LogP contribution in [0, 0.1) is 0 Å². The Bertz CT molecular complexity index is 311. The van der Waals surface area contributed by atoms with Crippen molar-refractivity contribution in [2.45, 2.75) is 32.0 Å². The van der Waals surface area contributed by atoms with Gasteiger partial charge >= 0.3 is 0 Å². The van der Waals surface area contributed by atoms with Crippen LogP contribution in [0.5, 0.6) is 0 Å². The molecule has 0 aromatic carbocycles. The zero-order chi connectivity index (χ0) is 14.3. The van der Waals surface area contributed by atoms with E-state index < -0.39 is 24.1 Å². The van der Waals surface area contributed by atoms with Gasteiger partial charge in [-0.05, 0) is 6.92 Å². The highest BCUT2D eigenvalue weighted by Gasteiger charge is 2.30. The van der Waals surface area contributed by atoms with E-state index in [9.17, 15) is 19.5 Å². The molecule has 0 heterocycles. The van der Waals surface area contributed by atoms with Gasteiger partial charge in [-0.25, -0.2) is 0 Å². The zero-order valence-electron chi connectivity index (χ0n) is 10.3. The van der Waals surface area contributed by atoms with Gasteiger partial charge in [0.2, 0.25) is 18.1 Å². The van der Waals surface area contributed by atoms with Crippen LogP contribution in [0.1, 0.15) is 13.8 Å². The first-order valence-electron chi connectivity index (χ1n) is 5.32. The van der Waals surface area contributed by atoms with E-state index in [-0.39, 0.29) is 18.3 Å². The molecule has 3 atom stereocenters. The highest BCUT2D eigenvalue weighted by Crippen LogP contribution is 2.05. The molecule has 7 nitrogen and oxygen atoms in total. The summed E-state index contributed by atoms with van der Waals surface area (Å²) in [5.41, 5.74) is 5.52. The number of rotatable bonds is 7. The number of carbonyl (C=O) groups excluding carboxylic acids is 3. The summed E-state index contributed by atoms with van der Waals surface area (Å²) in [7, 11) is 0. The third kappa shape index (κ3) is 5.03. The zero-order valence-corrected chi connectivity index (χ0v) is 11.2. The Morgan fingerprint density at radius 3 is 2.44 bits per heavy atom. The van der Waals surface area contributed by atoms with Gasteiger partial charge in [0.25, 0.3) is 0 Å². The maximum absolute atomic E-state index is 11.9. The third-order valence-electron chi connectivity index (χ3n) is 2.21. The van der Waals surface area contributed by atoms with Crippen molar-refractivity contribution in [1.82, 2.24) is 10.2 Å². The van der Waals surface area contributed by atoms with Crippen molar-refractivity contribution >= 4 is 30.7 Å². The van der Waals surface area contributed by atoms with E-state index in [1.54, 1.807) is 6.29 Å². The molecule has 0 saturated heterocycles. The predicted octanol–water partition coefficient (Wildman–Crippen LogP) is -1.98. The molecule has 4 N–H and O–H groups in total. The number of nitrogens with one attached hydrogen (secondary N) is 1. The molecule has 0 fully saturated rings. The fourth-order valence-electron chi connectivity index (χ4n) is 1.22. The summed E-state index contributed by atoms with van der Waals surface area (Å²) >= 11 is 3.89. The summed E-state index contributed by atoms with van der Waals surface area (Å²) in [6, 6.07) is -2.10. The summed E-state index contributed by atoms with van der Waals surface area (Å²) in [6.07, 6.45) is 0.440. The average Bonchev–Trinajstić information content (AvgIpc) is 2.31. The molecule has 103 valence electrons. The Morgan fingerprint density at radius 1 is 1.56 bits per heavy atom. The van der Waals surface area contributed by atoms with E-state index >= 15 is 0 Å². The van der Waals surface area contributed by atoms with Crippen LogP contribution in [0.25, 0.3) is 0 Å². The topological polar surface area (TPSA) is 113 Å². The molecule has 0 rings (SSSR count). The lowest BCUT2D eigenvalue weighted by molar-refractivity contribution is -0.136. The van der Waals surface area contributed by atoms with Crippen LogP contribution in [0.15, 0.2) is 0 Å². The molecule has 0 aliphatic carbocycles. The average molecular weight is 276 g/mol. The molecular weight excluding hydrogens is 258 g/mol. The van der Waals surface area contributed by atoms with E-state index in [0.717, 1.165) is 4.90 Å². The minimum absolute atomic E-state index is 0.0841. The first-order valence-corrected chi connectivity index (χ1v) is 5.95. The molecule has 0 aliphatic rings. The summed E-state index contributed by atoms with van der Waals surface area (Å²) in [6.45, 7) is 2.39. The van der Waals surface area contributed by atoms with Crippen molar-refractivity contribution in [3.63, 3.8) is 0 Å². The lowest BCUT2D eigenvalue weighted by Crippen LogP contribution is -2.56. The van der Waals surface area contributed by atoms with Crippen LogP contribution in [0.4, 0.5) is 0 Å². The van der Waals surface area contributed by atoms with E-state index in [1.165, 1.54) is 13.8 Å². The Morgan fingerprint density at radius 2 is 2.11 bits per heavy atom. The molecule has 0 aromatic heterocycles. The Hall–Kier alpha value is -1.12. The van der Waals surface area contributed by atoms with Crippen molar-refractivity contribution in [2.24, 2.45) is 5.73 Å². The van der Waals surface area contributed by atoms with Gasteiger partial charge in [-0.15, -0.1) is 0 Å². The van der Waals surface area contributed by atoms with Crippen LogP contribution < -0.4 is 11.1 Å². The van der Waals surface area contributed by atoms with Crippen LogP contribution in [0.2, 0.25) is 0 Å². The Labute approximate surface area is 111 Å². The predicted molar refractivity (Wildman–Crippen MR) is 68.5 cm³/mol. The summed E-state index contributed by atoms with van der Waals surface area (Å²) in [5.74, 6) is -0.878. The number of thiol groups is 1. The number of carbonyl (C=O) groups is 2. The van der Waals surface area contributed by atoms with Crippen molar-refractivity contribution < 1.29 is 19.5 Å². The monoisotopic (exact) mass is 276 g/mol. The van der Waals surface area contributed by atoms with Gasteiger partial charge < -0.3 is 21.1 Å². The normalized spacial score (nSPS) is 15.4. The minimum atomic E-state index is -1.18. The van der Waals surface area contributed by atoms with Crippen LogP contribution in [0.3, 0.4) is 0 Å². The second kappa shape index (κ2) is 8.06. The highest BCUT2D eigenvalue weighted by molar-refractivity contribution is 7.80. The molecule has 0 unspecified atom stereocenters. The second-order valence-electron chi connectivity index (χ2n) is 3.79. The van der Waals surface area contributed by atoms with Gasteiger partial charge in [-0.1, -0.05) is 0 Å². The van der Waals surface area contributed by atoms with E-state index in [4.69, 9.17) is 5.73 Å². The Balaban J connectivity index is 4.95. The lowest BCUT2D eigenvalue weighted by atomic mass is 10.1. The van der Waals surface area contributed by atoms with Gasteiger partial charge in [0, 0.05) is 12.7 Å². The van der Waals surface area contributed by atoms with Crippen molar-refractivity contribution in [2.75, 3.05) is 12.4 Å². The first-order chi connectivity index (χ1) is 8.34. The third-order valence-corrected chi connectivity index (χ3v) is 2.60. The first kappa shape index (κ1) is 16.9. The number of hydrogen-bond acceptors (Lipinski definition) is 6. The smallest absolute Gasteiger partial charge is 0.242 e. The molecule has 0 aromatic rings. The lowest BCUT2D eigenvalue weighted by Gasteiger charge is -2.31. The minimum Gasteiger partial charge on any atom is -0.391 e. The SMILES string of the molecule is CC(=O)NCN(C(=O)[C@@H](N)CS)[C@H]([C]=O)[C@@H](C)O. The standard InChI is InChI=1S/C10H18N3O4S/c1-6(15)9(3-14)13(5-12-7(2)16)10(17)8(11)4-18/h6,8-9,15,18H,4-5,11H2,1-2H3,(H,12,16)/t6-,8+,9-/m1/s1. The van der Waals surface area contributed by atoms with Crippen molar-refractivity contribution in [3.05, 3.63) is 0 Å². The number of nitrogens with two attached hydrogens (primary N) is 1. The second-order valence-corrected chi connectivity index (χ2v) is 4.16. The van der Waals surface area contributed by atoms with Gasteiger partial charge in [0.05, 0.1) is 18.8 Å². The molecule has 1 radical (unpaired) electrons. The van der Waals surface area contributed by atoms with Gasteiger partial charge in [-0.3, -0.25) is 14.4 Å². The number of amides is 2. The Kier molecular flexibility index (Phi) is 7.56. The van der Waals surface area contributed by atoms with E-state index in [2.05, 4.69) is 17.9 Å². The van der Waals surface area contributed by atoms with Crippen LogP contribution in [-0.2, 0) is 14.4 Å². The van der Waals surface area contributed by atoms with E-state index in [1.807, 2.05) is 0 Å². The largest absolute Gasteiger partial charge is 0.391 e. The maximum Gasteiger partial charge on any atom is 0.242 e. The number of nitrogens with zero attached hydrogens (tertiary/aromatic N) is 1. The van der Waals surface area contributed by atoms with Gasteiger partial charge in [-0.2, -0.15) is 12.6 Å². The number of hydrogen-bond donors (Lipinski definition) is 4. The highest BCUT2D eigenvalue weighted by atomic mass is 32.1. The molecule has 8 heteroatoms. The fourth-order valence-corrected chi connectivity index (χ4v) is 1.38. The maximum atomic E-state index is 11.9. The summed E-state index contributed by atoms with van der Waals surface area (Å²) in [4.78, 5) is 34.5. The molecule has 0 aliphatic heterocycles. The molecule has 0 bridgehead atoms. The summed E-state index contributed by atoms with van der Waals surface area (Å²) in [5, 5.41) is 11.8. The molecule has 2 amide bonds. The summed E-state index contributed by atoms with van der Waals surface area (Å²) < 4.78 is 0. The van der Waals surface area contributed by atoms with Gasteiger partial charge in [0.15, 0.2) is 0 Å². The quantitative estimate of drug-likeness (QED) is 0.318. The van der Waals surface area contributed by atoms with Crippen molar-refractivity contribution in [3.8, 4) is 0 Å². The molecular formula is C10H18N3O4S. The van der Waals surface area contributed by atoms with Crippen LogP contribution in [-0.4, -0.2) is 58.7 Å². The van der Waals surface area contributed by atoms with Crippen molar-refractivity contribution in [1.29, 1.82) is 0 Å². The number of aliphatic hydroxyl groups is 1. The molecule has 0 saturated carbocycles. The molecule has 0 spiro atoms. The fraction of sp³-hybridized carbons (Fsp3) is 0.700. The number of aliphatic hydroxyl groups excluding tert-OH is 1.